The maximum atomic E-state index is 12.7. The van der Waals surface area contributed by atoms with Gasteiger partial charge < -0.3 is 19.4 Å². The zero-order valence-corrected chi connectivity index (χ0v) is 17.3. The molecule has 1 aliphatic rings. The van der Waals surface area contributed by atoms with Crippen LogP contribution in [0.15, 0.2) is 60.7 Å². The SMILES string of the molecule is CN(Cc1ccccc1)C(=O)N1CCN(C(=O)C=Cc2ccccc2OC(F)F)CC1. The van der Waals surface area contributed by atoms with Crippen LogP contribution in [0.25, 0.3) is 6.08 Å². The van der Waals surface area contributed by atoms with Crippen LogP contribution in [0.2, 0.25) is 0 Å². The van der Waals surface area contributed by atoms with Crippen molar-refractivity contribution in [3.8, 4) is 5.75 Å². The van der Waals surface area contributed by atoms with E-state index in [-0.39, 0.29) is 17.7 Å². The van der Waals surface area contributed by atoms with E-state index in [0.29, 0.717) is 38.3 Å². The normalized spacial score (nSPS) is 14.2. The van der Waals surface area contributed by atoms with Crippen LogP contribution in [0.3, 0.4) is 0 Å². The van der Waals surface area contributed by atoms with Gasteiger partial charge in [-0.1, -0.05) is 48.5 Å². The molecule has 0 aromatic heterocycles. The lowest BCUT2D eigenvalue weighted by Crippen LogP contribution is -2.53. The van der Waals surface area contributed by atoms with Crippen LogP contribution in [-0.2, 0) is 11.3 Å². The summed E-state index contributed by atoms with van der Waals surface area (Å²) in [6, 6.07) is 15.9. The number of halogens is 2. The third-order valence-corrected chi connectivity index (χ3v) is 4.99. The average Bonchev–Trinajstić information content (AvgIpc) is 2.78. The van der Waals surface area contributed by atoms with Crippen LogP contribution in [0, 0.1) is 0 Å². The first kappa shape index (κ1) is 22.3. The molecule has 0 aliphatic carbocycles. The molecule has 31 heavy (non-hydrogen) atoms. The van der Waals surface area contributed by atoms with Crippen LogP contribution in [0.5, 0.6) is 5.75 Å². The fourth-order valence-corrected chi connectivity index (χ4v) is 3.37. The van der Waals surface area contributed by atoms with E-state index >= 15 is 0 Å². The van der Waals surface area contributed by atoms with E-state index < -0.39 is 6.61 Å². The molecule has 0 atom stereocenters. The molecule has 0 saturated carbocycles. The van der Waals surface area contributed by atoms with Crippen LogP contribution >= 0.6 is 0 Å². The Hall–Kier alpha value is -3.42. The molecule has 8 heteroatoms. The number of para-hydroxylation sites is 1. The molecule has 0 unspecified atom stereocenters. The van der Waals surface area contributed by atoms with Crippen molar-refractivity contribution in [2.75, 3.05) is 33.2 Å². The Balaban J connectivity index is 1.52. The van der Waals surface area contributed by atoms with Gasteiger partial charge >= 0.3 is 12.6 Å². The fraction of sp³-hybridized carbons (Fsp3) is 0.304. The molecule has 1 fully saturated rings. The number of alkyl halides is 2. The molecule has 3 amide bonds. The predicted molar refractivity (Wildman–Crippen MR) is 114 cm³/mol. The predicted octanol–water partition coefficient (Wildman–Crippen LogP) is 3.70. The number of piperazine rings is 1. The Morgan fingerprint density at radius 2 is 1.61 bits per heavy atom. The van der Waals surface area contributed by atoms with E-state index in [1.165, 1.54) is 18.2 Å². The second-order valence-corrected chi connectivity index (χ2v) is 7.19. The average molecular weight is 429 g/mol. The molecule has 1 heterocycles. The fourth-order valence-electron chi connectivity index (χ4n) is 3.37. The minimum Gasteiger partial charge on any atom is -0.434 e. The summed E-state index contributed by atoms with van der Waals surface area (Å²) in [5.74, 6) is -0.227. The Bertz CT molecular complexity index is 913. The van der Waals surface area contributed by atoms with Gasteiger partial charge in [-0.2, -0.15) is 8.78 Å². The van der Waals surface area contributed by atoms with Crippen LogP contribution in [-0.4, -0.2) is 66.5 Å². The summed E-state index contributed by atoms with van der Waals surface area (Å²) in [5.41, 5.74) is 1.45. The monoisotopic (exact) mass is 429 g/mol. The molecule has 6 nitrogen and oxygen atoms in total. The molecule has 0 bridgehead atoms. The third-order valence-electron chi connectivity index (χ3n) is 4.99. The molecule has 1 saturated heterocycles. The number of carbonyl (C=O) groups is 2. The second-order valence-electron chi connectivity index (χ2n) is 7.19. The van der Waals surface area contributed by atoms with E-state index in [1.54, 1.807) is 39.9 Å². The molecule has 0 radical (unpaired) electrons. The summed E-state index contributed by atoms with van der Waals surface area (Å²) < 4.78 is 29.5. The van der Waals surface area contributed by atoms with Crippen molar-refractivity contribution in [3.05, 3.63) is 71.8 Å². The van der Waals surface area contributed by atoms with Crippen molar-refractivity contribution in [2.24, 2.45) is 0 Å². The van der Waals surface area contributed by atoms with Crippen molar-refractivity contribution < 1.29 is 23.1 Å². The Kier molecular flexibility index (Phi) is 7.59. The highest BCUT2D eigenvalue weighted by molar-refractivity contribution is 5.92. The maximum Gasteiger partial charge on any atom is 0.387 e. The largest absolute Gasteiger partial charge is 0.434 e. The van der Waals surface area contributed by atoms with E-state index in [9.17, 15) is 18.4 Å². The highest BCUT2D eigenvalue weighted by Gasteiger charge is 2.25. The number of benzene rings is 2. The van der Waals surface area contributed by atoms with Crippen molar-refractivity contribution in [2.45, 2.75) is 13.2 Å². The number of carbonyl (C=O) groups excluding carboxylic acids is 2. The van der Waals surface area contributed by atoms with Gasteiger partial charge in [-0.05, 0) is 17.7 Å². The van der Waals surface area contributed by atoms with E-state index in [1.807, 2.05) is 30.3 Å². The second kappa shape index (κ2) is 10.6. The molecule has 0 N–H and O–H groups in total. The molecule has 1 aliphatic heterocycles. The first-order valence-electron chi connectivity index (χ1n) is 9.99. The summed E-state index contributed by atoms with van der Waals surface area (Å²) >= 11 is 0. The van der Waals surface area contributed by atoms with Crippen LogP contribution in [0.1, 0.15) is 11.1 Å². The van der Waals surface area contributed by atoms with Gasteiger partial charge in [-0.15, -0.1) is 0 Å². The Labute approximate surface area is 180 Å². The number of ether oxygens (including phenoxy) is 1. The van der Waals surface area contributed by atoms with Gasteiger partial charge in [0.15, 0.2) is 0 Å². The minimum absolute atomic E-state index is 0.0124. The lowest BCUT2D eigenvalue weighted by atomic mass is 10.2. The Morgan fingerprint density at radius 1 is 1.00 bits per heavy atom. The first-order chi connectivity index (χ1) is 14.9. The molecule has 3 rings (SSSR count). The zero-order valence-electron chi connectivity index (χ0n) is 17.3. The highest BCUT2D eigenvalue weighted by atomic mass is 19.3. The zero-order chi connectivity index (χ0) is 22.2. The molecule has 164 valence electrons. The van der Waals surface area contributed by atoms with Gasteiger partial charge in [0.05, 0.1) is 0 Å². The lowest BCUT2D eigenvalue weighted by Gasteiger charge is -2.36. The maximum absolute atomic E-state index is 12.7. The topological polar surface area (TPSA) is 53.1 Å². The molecule has 0 spiro atoms. The summed E-state index contributed by atoms with van der Waals surface area (Å²) in [6.45, 7) is -0.740. The van der Waals surface area contributed by atoms with Gasteiger partial charge in [-0.25, -0.2) is 4.79 Å². The van der Waals surface area contributed by atoms with Crippen molar-refractivity contribution in [1.82, 2.24) is 14.7 Å². The number of rotatable bonds is 6. The van der Waals surface area contributed by atoms with Crippen LogP contribution in [0.4, 0.5) is 13.6 Å². The minimum atomic E-state index is -2.93. The third kappa shape index (κ3) is 6.28. The summed E-state index contributed by atoms with van der Waals surface area (Å²) in [5, 5.41) is 0. The van der Waals surface area contributed by atoms with Gasteiger partial charge in [0.25, 0.3) is 0 Å². The van der Waals surface area contributed by atoms with Crippen LogP contribution < -0.4 is 4.74 Å². The number of amides is 3. The number of nitrogens with zero attached hydrogens (tertiary/aromatic N) is 3. The molecular formula is C23H25F2N3O3. The number of urea groups is 1. The number of hydrogen-bond donors (Lipinski definition) is 0. The summed E-state index contributed by atoms with van der Waals surface area (Å²) in [4.78, 5) is 30.2. The molecule has 2 aromatic rings. The van der Waals surface area contributed by atoms with Crippen molar-refractivity contribution >= 4 is 18.0 Å². The van der Waals surface area contributed by atoms with Gasteiger partial charge in [-0.3, -0.25) is 4.79 Å². The Morgan fingerprint density at radius 3 is 2.29 bits per heavy atom. The highest BCUT2D eigenvalue weighted by Crippen LogP contribution is 2.21. The smallest absolute Gasteiger partial charge is 0.387 e. The van der Waals surface area contributed by atoms with Crippen molar-refractivity contribution in [1.29, 1.82) is 0 Å². The van der Waals surface area contributed by atoms with Gasteiger partial charge in [0, 0.05) is 51.4 Å². The molecular weight excluding hydrogens is 404 g/mol. The van der Waals surface area contributed by atoms with Crippen molar-refractivity contribution in [3.63, 3.8) is 0 Å². The van der Waals surface area contributed by atoms with Gasteiger partial charge in [0.1, 0.15) is 5.75 Å². The first-order valence-corrected chi connectivity index (χ1v) is 9.99. The summed E-state index contributed by atoms with van der Waals surface area (Å²) in [7, 11) is 1.76. The molecule has 2 aromatic carbocycles. The van der Waals surface area contributed by atoms with E-state index in [4.69, 9.17) is 0 Å². The summed E-state index contributed by atoms with van der Waals surface area (Å²) in [6.07, 6.45) is 2.80. The van der Waals surface area contributed by atoms with Gasteiger partial charge in [0.2, 0.25) is 5.91 Å². The lowest BCUT2D eigenvalue weighted by molar-refractivity contribution is -0.127. The number of hydrogen-bond acceptors (Lipinski definition) is 3. The standard InChI is InChI=1S/C23H25F2N3O3/c1-26(17-18-7-3-2-4-8-18)23(30)28-15-13-27(14-16-28)21(29)12-11-19-9-5-6-10-20(19)31-22(24)25/h2-12,22H,13-17H2,1H3. The van der Waals surface area contributed by atoms with E-state index in [0.717, 1.165) is 5.56 Å². The van der Waals surface area contributed by atoms with E-state index in [2.05, 4.69) is 4.74 Å². The quantitative estimate of drug-likeness (QED) is 0.658.